The maximum absolute atomic E-state index is 11.3. The summed E-state index contributed by atoms with van der Waals surface area (Å²) in [6.45, 7) is 3.72. The minimum atomic E-state index is 0.0598. The number of hydrogen-bond donors (Lipinski definition) is 3. The molecule has 0 saturated heterocycles. The Hall–Kier alpha value is -2.14. The molecule has 5 nitrogen and oxygen atoms in total. The Labute approximate surface area is 111 Å². The molecule has 98 valence electrons. The third-order valence-corrected chi connectivity index (χ3v) is 3.21. The second-order valence-corrected chi connectivity index (χ2v) is 4.62. The third kappa shape index (κ3) is 2.37. The van der Waals surface area contributed by atoms with E-state index in [9.17, 15) is 4.79 Å². The van der Waals surface area contributed by atoms with Gasteiger partial charge in [0.25, 0.3) is 0 Å². The molecule has 0 saturated carbocycles. The summed E-state index contributed by atoms with van der Waals surface area (Å²) in [5.74, 6) is 0.983. The van der Waals surface area contributed by atoms with E-state index in [0.29, 0.717) is 6.42 Å². The maximum atomic E-state index is 11.3. The lowest BCUT2D eigenvalue weighted by atomic mass is 10.1. The molecule has 1 aromatic heterocycles. The number of carbonyl (C=O) groups excluding carboxylic acids is 1. The van der Waals surface area contributed by atoms with Crippen LogP contribution in [0.25, 0.3) is 11.3 Å². The summed E-state index contributed by atoms with van der Waals surface area (Å²) in [4.78, 5) is 19.0. The molecule has 3 N–H and O–H groups in total. The number of hydrogen-bond acceptors (Lipinski definition) is 3. The van der Waals surface area contributed by atoms with Gasteiger partial charge in [-0.3, -0.25) is 4.79 Å². The molecule has 19 heavy (non-hydrogen) atoms. The Morgan fingerprint density at radius 2 is 2.32 bits per heavy atom. The van der Waals surface area contributed by atoms with Gasteiger partial charge in [0.2, 0.25) is 5.91 Å². The number of nitrogens with one attached hydrogen (secondary N) is 3. The predicted octanol–water partition coefficient (Wildman–Crippen LogP) is 1.68. The second-order valence-electron chi connectivity index (χ2n) is 4.62. The largest absolute Gasteiger partial charge is 0.341 e. The number of fused-ring (bicyclic) bond motifs is 1. The van der Waals surface area contributed by atoms with Crippen LogP contribution in [0, 0.1) is 0 Å². The fourth-order valence-electron chi connectivity index (χ4n) is 2.24. The van der Waals surface area contributed by atoms with Gasteiger partial charge < -0.3 is 15.6 Å². The van der Waals surface area contributed by atoms with Crippen LogP contribution in [0.15, 0.2) is 24.4 Å². The Kier molecular flexibility index (Phi) is 3.05. The quantitative estimate of drug-likeness (QED) is 0.779. The Morgan fingerprint density at radius 1 is 1.42 bits per heavy atom. The number of imidazole rings is 1. The van der Waals surface area contributed by atoms with Crippen LogP contribution in [0.3, 0.4) is 0 Å². The van der Waals surface area contributed by atoms with Gasteiger partial charge in [-0.2, -0.15) is 0 Å². The van der Waals surface area contributed by atoms with Crippen molar-refractivity contribution in [2.45, 2.75) is 19.9 Å². The van der Waals surface area contributed by atoms with Crippen molar-refractivity contribution in [2.24, 2.45) is 0 Å². The fraction of sp³-hybridized carbons (Fsp3) is 0.286. The molecule has 1 aliphatic rings. The molecule has 1 amide bonds. The lowest BCUT2D eigenvalue weighted by Gasteiger charge is -2.02. The Morgan fingerprint density at radius 3 is 3.16 bits per heavy atom. The summed E-state index contributed by atoms with van der Waals surface area (Å²) in [5, 5.41) is 6.06. The highest BCUT2D eigenvalue weighted by atomic mass is 16.1. The highest BCUT2D eigenvalue weighted by Gasteiger charge is 2.18. The number of anilines is 1. The third-order valence-electron chi connectivity index (χ3n) is 3.21. The van der Waals surface area contributed by atoms with Crippen LogP contribution in [0.2, 0.25) is 0 Å². The molecule has 0 radical (unpaired) electrons. The number of rotatable bonds is 4. The van der Waals surface area contributed by atoms with Gasteiger partial charge in [0.15, 0.2) is 0 Å². The molecule has 0 unspecified atom stereocenters. The predicted molar refractivity (Wildman–Crippen MR) is 73.7 cm³/mol. The number of aromatic amines is 1. The molecular weight excluding hydrogens is 240 g/mol. The summed E-state index contributed by atoms with van der Waals surface area (Å²) < 4.78 is 0. The number of aromatic nitrogens is 2. The van der Waals surface area contributed by atoms with Gasteiger partial charge in [-0.05, 0) is 29.8 Å². The van der Waals surface area contributed by atoms with Gasteiger partial charge in [0, 0.05) is 5.69 Å². The second kappa shape index (κ2) is 4.85. The van der Waals surface area contributed by atoms with Crippen LogP contribution >= 0.6 is 0 Å². The van der Waals surface area contributed by atoms with E-state index in [-0.39, 0.29) is 5.91 Å². The van der Waals surface area contributed by atoms with Crippen LogP contribution < -0.4 is 10.6 Å². The van der Waals surface area contributed by atoms with Crippen molar-refractivity contribution in [2.75, 3.05) is 11.9 Å². The maximum Gasteiger partial charge on any atom is 0.228 e. The Balaban J connectivity index is 1.84. The Bertz CT molecular complexity index is 618. The molecule has 1 aromatic carbocycles. The van der Waals surface area contributed by atoms with Crippen molar-refractivity contribution in [3.05, 3.63) is 35.8 Å². The van der Waals surface area contributed by atoms with Crippen LogP contribution in [0.4, 0.5) is 5.69 Å². The van der Waals surface area contributed by atoms with Crippen molar-refractivity contribution < 1.29 is 4.79 Å². The summed E-state index contributed by atoms with van der Waals surface area (Å²) in [6, 6.07) is 5.98. The molecular formula is C14H16N4O. The minimum Gasteiger partial charge on any atom is -0.341 e. The molecule has 1 aliphatic heterocycles. The van der Waals surface area contributed by atoms with Gasteiger partial charge in [-0.1, -0.05) is 13.0 Å². The first-order valence-electron chi connectivity index (χ1n) is 6.44. The van der Waals surface area contributed by atoms with E-state index in [2.05, 4.69) is 27.5 Å². The number of benzene rings is 1. The topological polar surface area (TPSA) is 69.8 Å². The monoisotopic (exact) mass is 256 g/mol. The minimum absolute atomic E-state index is 0.0598. The highest BCUT2D eigenvalue weighted by molar-refractivity contribution is 5.99. The van der Waals surface area contributed by atoms with Crippen LogP contribution in [-0.4, -0.2) is 22.4 Å². The van der Waals surface area contributed by atoms with Crippen LogP contribution in [-0.2, 0) is 17.8 Å². The van der Waals surface area contributed by atoms with E-state index >= 15 is 0 Å². The summed E-state index contributed by atoms with van der Waals surface area (Å²) in [6.07, 6.45) is 2.29. The van der Waals surface area contributed by atoms with Crippen molar-refractivity contribution in [3.63, 3.8) is 0 Å². The van der Waals surface area contributed by atoms with Crippen molar-refractivity contribution >= 4 is 11.6 Å². The van der Waals surface area contributed by atoms with E-state index in [4.69, 9.17) is 0 Å². The zero-order chi connectivity index (χ0) is 13.2. The molecule has 0 atom stereocenters. The number of nitrogens with zero attached hydrogens (tertiary/aromatic N) is 1. The van der Waals surface area contributed by atoms with Crippen LogP contribution in [0.1, 0.15) is 18.3 Å². The van der Waals surface area contributed by atoms with Gasteiger partial charge in [-0.15, -0.1) is 0 Å². The molecule has 3 rings (SSSR count). The van der Waals surface area contributed by atoms with Gasteiger partial charge in [-0.25, -0.2) is 4.98 Å². The number of amides is 1. The summed E-state index contributed by atoms with van der Waals surface area (Å²) in [5.41, 5.74) is 4.01. The van der Waals surface area contributed by atoms with Gasteiger partial charge >= 0.3 is 0 Å². The molecule has 0 aliphatic carbocycles. The smallest absolute Gasteiger partial charge is 0.228 e. The highest BCUT2D eigenvalue weighted by Crippen LogP contribution is 2.28. The van der Waals surface area contributed by atoms with Crippen LogP contribution in [0.5, 0.6) is 0 Å². The lowest BCUT2D eigenvalue weighted by molar-refractivity contribution is -0.115. The first kappa shape index (κ1) is 11.9. The lowest BCUT2D eigenvalue weighted by Crippen LogP contribution is -2.12. The van der Waals surface area contributed by atoms with Crippen molar-refractivity contribution in [1.29, 1.82) is 0 Å². The van der Waals surface area contributed by atoms with E-state index in [1.807, 2.05) is 24.4 Å². The molecule has 2 heterocycles. The number of carbonyl (C=O) groups is 1. The average Bonchev–Trinajstić information content (AvgIpc) is 3.00. The average molecular weight is 256 g/mol. The zero-order valence-corrected chi connectivity index (χ0v) is 10.8. The van der Waals surface area contributed by atoms with Gasteiger partial charge in [0.05, 0.1) is 24.9 Å². The van der Waals surface area contributed by atoms with Crippen molar-refractivity contribution in [1.82, 2.24) is 15.3 Å². The first-order chi connectivity index (χ1) is 9.26. The van der Waals surface area contributed by atoms with E-state index in [1.165, 1.54) is 0 Å². The fourth-order valence-corrected chi connectivity index (χ4v) is 2.24. The normalized spacial score (nSPS) is 13.4. The van der Waals surface area contributed by atoms with E-state index < -0.39 is 0 Å². The molecule has 5 heteroatoms. The molecule has 0 spiro atoms. The molecule has 0 bridgehead atoms. The SMILES string of the molecule is CCNCc1ncc(-c2ccc3c(c2)CC(=O)N3)[nH]1. The van der Waals surface area contributed by atoms with Gasteiger partial charge in [0.1, 0.15) is 5.82 Å². The molecule has 2 aromatic rings. The van der Waals surface area contributed by atoms with E-state index in [0.717, 1.165) is 41.4 Å². The molecule has 0 fully saturated rings. The van der Waals surface area contributed by atoms with Crippen molar-refractivity contribution in [3.8, 4) is 11.3 Å². The zero-order valence-electron chi connectivity index (χ0n) is 10.8. The first-order valence-corrected chi connectivity index (χ1v) is 6.44. The summed E-state index contributed by atoms with van der Waals surface area (Å²) in [7, 11) is 0. The summed E-state index contributed by atoms with van der Waals surface area (Å²) >= 11 is 0. The van der Waals surface area contributed by atoms with E-state index in [1.54, 1.807) is 0 Å². The standard InChI is InChI=1S/C14H16N4O/c1-2-15-8-13-16-7-12(17-13)9-3-4-11-10(5-9)6-14(19)18-11/h3-5,7,15H,2,6,8H2,1H3,(H,16,17)(H,18,19). The number of H-pyrrole nitrogens is 1.